The molecule has 1 atom stereocenters. The predicted molar refractivity (Wildman–Crippen MR) is 103 cm³/mol. The maximum absolute atomic E-state index is 12.8. The third kappa shape index (κ3) is 4.49. The Morgan fingerprint density at radius 3 is 2.37 bits per heavy atom. The van der Waals surface area contributed by atoms with Gasteiger partial charge in [-0.3, -0.25) is 10.1 Å². The molecule has 0 spiro atoms. The molecule has 1 N–H and O–H groups in total. The molecular weight excluding hydrogens is 372 g/mol. The van der Waals surface area contributed by atoms with Crippen LogP contribution in [0.1, 0.15) is 19.4 Å². The summed E-state index contributed by atoms with van der Waals surface area (Å²) in [4.78, 5) is 24.3. The zero-order valence-electron chi connectivity index (χ0n) is 15.3. The first-order valence-electron chi connectivity index (χ1n) is 8.29. The molecule has 0 aliphatic heterocycles. The second kappa shape index (κ2) is 8.73. The zero-order valence-corrected chi connectivity index (χ0v) is 16.0. The van der Waals surface area contributed by atoms with Crippen molar-refractivity contribution in [1.29, 1.82) is 0 Å². The Hall–Kier alpha value is -2.80. The van der Waals surface area contributed by atoms with Gasteiger partial charge >= 0.3 is 11.5 Å². The van der Waals surface area contributed by atoms with Crippen molar-refractivity contribution < 1.29 is 19.2 Å². The van der Waals surface area contributed by atoms with Crippen LogP contribution in [0.3, 0.4) is 0 Å². The number of esters is 1. The van der Waals surface area contributed by atoms with Crippen molar-refractivity contribution in [2.45, 2.75) is 25.5 Å². The van der Waals surface area contributed by atoms with E-state index >= 15 is 0 Å². The Balaban J connectivity index is 2.45. The van der Waals surface area contributed by atoms with Crippen molar-refractivity contribution in [2.24, 2.45) is 0 Å². The molecule has 0 saturated heterocycles. The quantitative estimate of drug-likeness (QED) is 0.416. The SMILES string of the molecule is COc1ccc(NCC(C(=O)OC(C)C)(c2ccccc2Cl)[N+](=O)[O-])cc1. The van der Waals surface area contributed by atoms with Gasteiger partial charge in [0.15, 0.2) is 0 Å². The van der Waals surface area contributed by atoms with E-state index in [4.69, 9.17) is 21.1 Å². The van der Waals surface area contributed by atoms with Gasteiger partial charge in [0.05, 0.1) is 23.8 Å². The van der Waals surface area contributed by atoms with Gasteiger partial charge in [0, 0.05) is 10.6 Å². The summed E-state index contributed by atoms with van der Waals surface area (Å²) in [5.41, 5.74) is -1.53. The standard InChI is InChI=1S/C19H21ClN2O5/c1-13(2)27-18(23)19(22(24)25,16-6-4-5-7-17(16)20)12-21-14-8-10-15(26-3)11-9-14/h4-11,13,21H,12H2,1-3H3. The molecule has 1 unspecified atom stereocenters. The first kappa shape index (κ1) is 20.5. The number of hydrogen-bond acceptors (Lipinski definition) is 6. The fourth-order valence-electron chi connectivity index (χ4n) is 2.56. The van der Waals surface area contributed by atoms with Crippen LogP contribution in [-0.4, -0.2) is 30.7 Å². The number of rotatable bonds is 8. The van der Waals surface area contributed by atoms with Gasteiger partial charge in [0.1, 0.15) is 12.3 Å². The van der Waals surface area contributed by atoms with Gasteiger partial charge in [-0.1, -0.05) is 23.7 Å². The van der Waals surface area contributed by atoms with Crippen LogP contribution in [0.25, 0.3) is 0 Å². The number of hydrogen-bond donors (Lipinski definition) is 1. The summed E-state index contributed by atoms with van der Waals surface area (Å²) in [7, 11) is 1.54. The molecule has 0 aliphatic rings. The first-order chi connectivity index (χ1) is 12.8. The summed E-state index contributed by atoms with van der Waals surface area (Å²) in [6, 6.07) is 13.0. The summed E-state index contributed by atoms with van der Waals surface area (Å²) in [5, 5.41) is 15.2. The number of carbonyl (C=O) groups is 1. The van der Waals surface area contributed by atoms with Crippen LogP contribution >= 0.6 is 11.6 Å². The summed E-state index contributed by atoms with van der Waals surface area (Å²) in [6.07, 6.45) is -0.514. The van der Waals surface area contributed by atoms with Crippen molar-refractivity contribution in [3.63, 3.8) is 0 Å². The predicted octanol–water partition coefficient (Wildman–Crippen LogP) is 3.88. The normalized spacial score (nSPS) is 12.9. The molecule has 0 bridgehead atoms. The lowest BCUT2D eigenvalue weighted by molar-refractivity contribution is -0.560. The van der Waals surface area contributed by atoms with Crippen LogP contribution in [0.4, 0.5) is 5.69 Å². The number of ether oxygens (including phenoxy) is 2. The molecular formula is C19H21ClN2O5. The van der Waals surface area contributed by atoms with Crippen LogP contribution in [0, 0.1) is 10.1 Å². The van der Waals surface area contributed by atoms with E-state index in [0.717, 1.165) is 0 Å². The highest BCUT2D eigenvalue weighted by molar-refractivity contribution is 6.31. The third-order valence-corrected chi connectivity index (χ3v) is 4.28. The van der Waals surface area contributed by atoms with Crippen LogP contribution in [0.2, 0.25) is 5.02 Å². The second-order valence-electron chi connectivity index (χ2n) is 6.13. The molecule has 0 heterocycles. The molecule has 2 rings (SSSR count). The molecule has 2 aromatic rings. The lowest BCUT2D eigenvalue weighted by Crippen LogP contribution is -2.50. The lowest BCUT2D eigenvalue weighted by Gasteiger charge is -2.26. The average Bonchev–Trinajstić information content (AvgIpc) is 2.63. The van der Waals surface area contributed by atoms with Crippen LogP contribution in [0.15, 0.2) is 48.5 Å². The number of methoxy groups -OCH3 is 1. The number of nitrogens with one attached hydrogen (secondary N) is 1. The summed E-state index contributed by atoms with van der Waals surface area (Å²) in [6.45, 7) is 2.93. The number of nitrogens with zero attached hydrogens (tertiary/aromatic N) is 1. The molecule has 0 amide bonds. The summed E-state index contributed by atoms with van der Waals surface area (Å²) >= 11 is 6.20. The van der Waals surface area contributed by atoms with Gasteiger partial charge in [0.2, 0.25) is 0 Å². The summed E-state index contributed by atoms with van der Waals surface area (Å²) < 4.78 is 10.3. The topological polar surface area (TPSA) is 90.7 Å². The first-order valence-corrected chi connectivity index (χ1v) is 8.67. The molecule has 144 valence electrons. The van der Waals surface area contributed by atoms with Gasteiger partial charge in [-0.15, -0.1) is 0 Å². The Morgan fingerprint density at radius 2 is 1.85 bits per heavy atom. The Kier molecular flexibility index (Phi) is 6.63. The summed E-state index contributed by atoms with van der Waals surface area (Å²) in [5.74, 6) is -0.331. The Labute approximate surface area is 162 Å². The molecule has 0 aliphatic carbocycles. The monoisotopic (exact) mass is 392 g/mol. The number of nitro groups is 1. The van der Waals surface area contributed by atoms with Crippen LogP contribution < -0.4 is 10.1 Å². The molecule has 8 heteroatoms. The molecule has 0 radical (unpaired) electrons. The minimum Gasteiger partial charge on any atom is -0.497 e. The molecule has 7 nitrogen and oxygen atoms in total. The maximum atomic E-state index is 12.8. The molecule has 27 heavy (non-hydrogen) atoms. The number of carbonyl (C=O) groups excluding carboxylic acids is 1. The van der Waals surface area contributed by atoms with Crippen LogP contribution in [-0.2, 0) is 15.1 Å². The van der Waals surface area contributed by atoms with Crippen molar-refractivity contribution in [2.75, 3.05) is 19.0 Å². The van der Waals surface area contributed by atoms with E-state index in [0.29, 0.717) is 11.4 Å². The van der Waals surface area contributed by atoms with Crippen molar-refractivity contribution in [1.82, 2.24) is 0 Å². The van der Waals surface area contributed by atoms with E-state index in [2.05, 4.69) is 5.32 Å². The van der Waals surface area contributed by atoms with Gasteiger partial charge < -0.3 is 14.8 Å². The smallest absolute Gasteiger partial charge is 0.392 e. The van der Waals surface area contributed by atoms with Crippen LogP contribution in [0.5, 0.6) is 5.75 Å². The van der Waals surface area contributed by atoms with Crippen molar-refractivity contribution >= 4 is 23.3 Å². The van der Waals surface area contributed by atoms with Gasteiger partial charge in [0.25, 0.3) is 0 Å². The fraction of sp³-hybridized carbons (Fsp3) is 0.316. The Bertz CT molecular complexity index is 810. The lowest BCUT2D eigenvalue weighted by atomic mass is 9.90. The molecule has 0 saturated carbocycles. The highest BCUT2D eigenvalue weighted by Crippen LogP contribution is 2.33. The zero-order chi connectivity index (χ0) is 20.0. The number of anilines is 1. The van der Waals surface area contributed by atoms with E-state index < -0.39 is 22.5 Å². The minimum absolute atomic E-state index is 0.0725. The van der Waals surface area contributed by atoms with Gasteiger partial charge in [-0.25, -0.2) is 4.79 Å². The minimum atomic E-state index is -2.19. The molecule has 2 aromatic carbocycles. The van der Waals surface area contributed by atoms with Gasteiger partial charge in [-0.2, -0.15) is 0 Å². The Morgan fingerprint density at radius 1 is 1.22 bits per heavy atom. The fourth-order valence-corrected chi connectivity index (χ4v) is 2.85. The number of benzene rings is 2. The highest BCUT2D eigenvalue weighted by Gasteiger charge is 2.56. The van der Waals surface area contributed by atoms with Crippen molar-refractivity contribution in [3.8, 4) is 5.75 Å². The molecule has 0 aromatic heterocycles. The van der Waals surface area contributed by atoms with E-state index in [1.807, 2.05) is 0 Å². The highest BCUT2D eigenvalue weighted by atomic mass is 35.5. The maximum Gasteiger partial charge on any atom is 0.392 e. The molecule has 0 fully saturated rings. The van der Waals surface area contributed by atoms with E-state index in [1.165, 1.54) is 12.1 Å². The van der Waals surface area contributed by atoms with E-state index in [1.54, 1.807) is 57.4 Å². The third-order valence-electron chi connectivity index (χ3n) is 3.95. The van der Waals surface area contributed by atoms with Crippen molar-refractivity contribution in [3.05, 3.63) is 69.2 Å². The largest absolute Gasteiger partial charge is 0.497 e. The number of halogens is 1. The van der Waals surface area contributed by atoms with Gasteiger partial charge in [-0.05, 0) is 50.2 Å². The second-order valence-corrected chi connectivity index (χ2v) is 6.54. The average molecular weight is 393 g/mol. The van der Waals surface area contributed by atoms with E-state index in [-0.39, 0.29) is 17.1 Å². The van der Waals surface area contributed by atoms with E-state index in [9.17, 15) is 14.9 Å².